The fourth-order valence-corrected chi connectivity index (χ4v) is 2.11. The van der Waals surface area contributed by atoms with Crippen molar-refractivity contribution in [3.63, 3.8) is 0 Å². The highest BCUT2D eigenvalue weighted by atomic mass is 16.2. The molecule has 0 radical (unpaired) electrons. The molecule has 0 bridgehead atoms. The third kappa shape index (κ3) is 2.22. The molecule has 0 amide bonds. The minimum absolute atomic E-state index is 0.167. The molecule has 0 N–H and O–H groups in total. The minimum atomic E-state index is -0.167. The van der Waals surface area contributed by atoms with E-state index in [9.17, 15) is 4.79 Å². The van der Waals surface area contributed by atoms with Gasteiger partial charge in [0.2, 0.25) is 0 Å². The number of hydrogen-bond donors (Lipinski definition) is 0. The molecule has 0 saturated carbocycles. The topological polar surface area (TPSA) is 70.0 Å². The molecule has 3 aromatic heterocycles. The molecule has 0 aliphatic heterocycles. The first-order chi connectivity index (χ1) is 9.65. The molecule has 3 heterocycles. The number of nitrogens with zero attached hydrogens (tertiary/aromatic N) is 6. The average molecular weight is 272 g/mol. The lowest BCUT2D eigenvalue weighted by atomic mass is 10.2. The first-order valence-electron chi connectivity index (χ1n) is 6.56. The van der Waals surface area contributed by atoms with Gasteiger partial charge in [-0.05, 0) is 18.1 Å². The fourth-order valence-electron chi connectivity index (χ4n) is 2.11. The van der Waals surface area contributed by atoms with E-state index in [2.05, 4.69) is 29.0 Å². The van der Waals surface area contributed by atoms with Crippen LogP contribution >= 0.6 is 0 Å². The second-order valence-corrected chi connectivity index (χ2v) is 5.12. The van der Waals surface area contributed by atoms with Gasteiger partial charge in [0.1, 0.15) is 18.7 Å². The SMILES string of the molecule is CC(C)Cn1ncnc1Cn1nc2ccccn2c1=O. The van der Waals surface area contributed by atoms with E-state index in [0.29, 0.717) is 18.1 Å². The maximum atomic E-state index is 12.2. The molecule has 7 heteroatoms. The van der Waals surface area contributed by atoms with E-state index in [1.165, 1.54) is 15.4 Å². The van der Waals surface area contributed by atoms with Crippen molar-refractivity contribution >= 4 is 5.65 Å². The van der Waals surface area contributed by atoms with Gasteiger partial charge in [0, 0.05) is 12.7 Å². The first kappa shape index (κ1) is 12.6. The summed E-state index contributed by atoms with van der Waals surface area (Å²) in [7, 11) is 0. The van der Waals surface area contributed by atoms with Crippen LogP contribution in [0.1, 0.15) is 19.7 Å². The van der Waals surface area contributed by atoms with Crippen LogP contribution in [0.5, 0.6) is 0 Å². The molecule has 0 aromatic carbocycles. The largest absolute Gasteiger partial charge is 0.350 e. The third-order valence-corrected chi connectivity index (χ3v) is 3.01. The lowest BCUT2D eigenvalue weighted by Gasteiger charge is -2.07. The molecule has 0 atom stereocenters. The van der Waals surface area contributed by atoms with Crippen LogP contribution < -0.4 is 5.69 Å². The van der Waals surface area contributed by atoms with Gasteiger partial charge in [-0.1, -0.05) is 19.9 Å². The lowest BCUT2D eigenvalue weighted by Crippen LogP contribution is -2.24. The van der Waals surface area contributed by atoms with Crippen LogP contribution in [0, 0.1) is 5.92 Å². The molecule has 0 fully saturated rings. The summed E-state index contributed by atoms with van der Waals surface area (Å²) in [4.78, 5) is 16.4. The summed E-state index contributed by atoms with van der Waals surface area (Å²) in [6, 6.07) is 5.46. The van der Waals surface area contributed by atoms with Crippen LogP contribution in [0.15, 0.2) is 35.5 Å². The van der Waals surface area contributed by atoms with E-state index in [0.717, 1.165) is 12.4 Å². The second kappa shape index (κ2) is 4.92. The van der Waals surface area contributed by atoms with Gasteiger partial charge in [-0.3, -0.25) is 4.40 Å². The zero-order chi connectivity index (χ0) is 14.1. The Morgan fingerprint density at radius 2 is 2.10 bits per heavy atom. The lowest BCUT2D eigenvalue weighted by molar-refractivity contribution is 0.454. The summed E-state index contributed by atoms with van der Waals surface area (Å²) in [6.07, 6.45) is 3.22. The van der Waals surface area contributed by atoms with Crippen molar-refractivity contribution in [1.29, 1.82) is 0 Å². The Kier molecular flexibility index (Phi) is 3.09. The van der Waals surface area contributed by atoms with Crippen LogP contribution in [-0.4, -0.2) is 28.9 Å². The fraction of sp³-hybridized carbons (Fsp3) is 0.385. The quantitative estimate of drug-likeness (QED) is 0.704. The summed E-state index contributed by atoms with van der Waals surface area (Å²) in [5.74, 6) is 1.21. The molecule has 0 spiro atoms. The summed E-state index contributed by atoms with van der Waals surface area (Å²) in [5.41, 5.74) is 0.465. The minimum Gasteiger partial charge on any atom is -0.250 e. The number of fused-ring (bicyclic) bond motifs is 1. The zero-order valence-corrected chi connectivity index (χ0v) is 11.5. The van der Waals surface area contributed by atoms with E-state index < -0.39 is 0 Å². The van der Waals surface area contributed by atoms with Crippen molar-refractivity contribution in [2.75, 3.05) is 0 Å². The molecule has 104 valence electrons. The van der Waals surface area contributed by atoms with Crippen LogP contribution in [-0.2, 0) is 13.1 Å². The Morgan fingerprint density at radius 3 is 2.85 bits per heavy atom. The van der Waals surface area contributed by atoms with Gasteiger partial charge < -0.3 is 0 Å². The molecular weight excluding hydrogens is 256 g/mol. The van der Waals surface area contributed by atoms with E-state index >= 15 is 0 Å². The summed E-state index contributed by atoms with van der Waals surface area (Å²) in [5, 5.41) is 8.49. The predicted molar refractivity (Wildman–Crippen MR) is 73.4 cm³/mol. The monoisotopic (exact) mass is 272 g/mol. The van der Waals surface area contributed by atoms with Crippen molar-refractivity contribution in [2.45, 2.75) is 26.9 Å². The Bertz CT molecular complexity index is 781. The standard InChI is InChI=1S/C13H16N6O/c1-10(2)7-18-12(14-9-15-18)8-19-13(20)17-6-4-3-5-11(17)16-19/h3-6,9-10H,7-8H2,1-2H3. The van der Waals surface area contributed by atoms with E-state index in [1.54, 1.807) is 12.3 Å². The van der Waals surface area contributed by atoms with E-state index in [1.807, 2.05) is 16.8 Å². The molecule has 0 saturated heterocycles. The number of rotatable bonds is 4. The Hall–Kier alpha value is -2.44. The number of pyridine rings is 1. The average Bonchev–Trinajstić information content (AvgIpc) is 2.96. The van der Waals surface area contributed by atoms with Crippen molar-refractivity contribution in [3.05, 3.63) is 47.0 Å². The van der Waals surface area contributed by atoms with Crippen molar-refractivity contribution in [3.8, 4) is 0 Å². The predicted octanol–water partition coefficient (Wildman–Crippen LogP) is 0.792. The molecular formula is C13H16N6O. The van der Waals surface area contributed by atoms with Crippen molar-refractivity contribution < 1.29 is 0 Å². The smallest absolute Gasteiger partial charge is 0.250 e. The highest BCUT2D eigenvalue weighted by Crippen LogP contribution is 2.03. The molecule has 7 nitrogen and oxygen atoms in total. The summed E-state index contributed by atoms with van der Waals surface area (Å²) >= 11 is 0. The Balaban J connectivity index is 1.96. The van der Waals surface area contributed by atoms with E-state index in [4.69, 9.17) is 0 Å². The molecule has 0 aliphatic rings. The van der Waals surface area contributed by atoms with Gasteiger partial charge in [-0.2, -0.15) is 5.10 Å². The van der Waals surface area contributed by atoms with Crippen LogP contribution in [0.25, 0.3) is 5.65 Å². The normalized spacial score (nSPS) is 11.6. The maximum absolute atomic E-state index is 12.2. The summed E-state index contributed by atoms with van der Waals surface area (Å²) in [6.45, 7) is 5.33. The van der Waals surface area contributed by atoms with Gasteiger partial charge in [0.15, 0.2) is 5.65 Å². The number of aromatic nitrogens is 6. The molecule has 20 heavy (non-hydrogen) atoms. The van der Waals surface area contributed by atoms with Gasteiger partial charge >= 0.3 is 5.69 Å². The molecule has 3 rings (SSSR count). The van der Waals surface area contributed by atoms with Crippen molar-refractivity contribution in [2.24, 2.45) is 5.92 Å². The van der Waals surface area contributed by atoms with Crippen molar-refractivity contribution in [1.82, 2.24) is 28.9 Å². The van der Waals surface area contributed by atoms with Crippen LogP contribution in [0.4, 0.5) is 0 Å². The number of hydrogen-bond acceptors (Lipinski definition) is 4. The third-order valence-electron chi connectivity index (χ3n) is 3.01. The Morgan fingerprint density at radius 1 is 1.25 bits per heavy atom. The Labute approximate surface area is 115 Å². The van der Waals surface area contributed by atoms with Gasteiger partial charge in [0.05, 0.1) is 0 Å². The molecule has 0 aliphatic carbocycles. The van der Waals surface area contributed by atoms with Gasteiger partial charge in [-0.15, -0.1) is 5.10 Å². The van der Waals surface area contributed by atoms with Crippen LogP contribution in [0.3, 0.4) is 0 Å². The highest BCUT2D eigenvalue weighted by Gasteiger charge is 2.11. The second-order valence-electron chi connectivity index (χ2n) is 5.12. The van der Waals surface area contributed by atoms with E-state index in [-0.39, 0.29) is 5.69 Å². The van der Waals surface area contributed by atoms with Gasteiger partial charge in [-0.25, -0.2) is 19.1 Å². The summed E-state index contributed by atoms with van der Waals surface area (Å²) < 4.78 is 4.75. The zero-order valence-electron chi connectivity index (χ0n) is 11.5. The maximum Gasteiger partial charge on any atom is 0.350 e. The first-order valence-corrected chi connectivity index (χ1v) is 6.56. The van der Waals surface area contributed by atoms with Crippen LogP contribution in [0.2, 0.25) is 0 Å². The van der Waals surface area contributed by atoms with Gasteiger partial charge in [0.25, 0.3) is 0 Å². The molecule has 3 aromatic rings. The molecule has 0 unspecified atom stereocenters. The highest BCUT2D eigenvalue weighted by molar-refractivity contribution is 5.35.